The molecule has 0 aliphatic heterocycles. The van der Waals surface area contributed by atoms with Crippen LogP contribution in [-0.4, -0.2) is 22.5 Å². The summed E-state index contributed by atoms with van der Waals surface area (Å²) in [6, 6.07) is 1.60. The van der Waals surface area contributed by atoms with E-state index in [2.05, 4.69) is 25.9 Å². The van der Waals surface area contributed by atoms with E-state index < -0.39 is 4.83 Å². The number of halogens is 2. The minimum atomic E-state index is -0.594. The largest absolute Gasteiger partial charge is 0.465 e. The molecule has 0 N–H and O–H groups in total. The first-order chi connectivity index (χ1) is 6.65. The van der Waals surface area contributed by atoms with Gasteiger partial charge in [-0.05, 0) is 24.6 Å². The van der Waals surface area contributed by atoms with Gasteiger partial charge >= 0.3 is 5.97 Å². The fourth-order valence-corrected chi connectivity index (χ4v) is 1.37. The van der Waals surface area contributed by atoms with Crippen molar-refractivity contribution in [2.75, 3.05) is 6.61 Å². The van der Waals surface area contributed by atoms with Gasteiger partial charge in [-0.25, -0.2) is 9.97 Å². The van der Waals surface area contributed by atoms with E-state index in [1.807, 2.05) is 0 Å². The number of nitrogens with zero attached hydrogens (tertiary/aromatic N) is 2. The quantitative estimate of drug-likeness (QED) is 0.483. The van der Waals surface area contributed by atoms with Crippen LogP contribution < -0.4 is 0 Å². The van der Waals surface area contributed by atoms with E-state index in [9.17, 15) is 4.79 Å². The van der Waals surface area contributed by atoms with E-state index in [1.54, 1.807) is 13.0 Å². The van der Waals surface area contributed by atoms with Gasteiger partial charge in [0.05, 0.1) is 12.3 Å². The number of esters is 1. The van der Waals surface area contributed by atoms with Crippen molar-refractivity contribution < 1.29 is 9.53 Å². The van der Waals surface area contributed by atoms with Crippen LogP contribution in [0.2, 0.25) is 5.28 Å². The highest BCUT2D eigenvalue weighted by molar-refractivity contribution is 9.09. The van der Waals surface area contributed by atoms with Crippen molar-refractivity contribution in [3.05, 3.63) is 23.2 Å². The number of hydrogen-bond donors (Lipinski definition) is 0. The van der Waals surface area contributed by atoms with E-state index in [1.165, 1.54) is 6.20 Å². The zero-order valence-electron chi connectivity index (χ0n) is 7.41. The molecule has 0 aliphatic carbocycles. The normalized spacial score (nSPS) is 12.2. The molecule has 0 bridgehead atoms. The Bertz CT molecular complexity index is 335. The first kappa shape index (κ1) is 11.4. The Morgan fingerprint density at radius 2 is 2.50 bits per heavy atom. The average molecular weight is 280 g/mol. The summed E-state index contributed by atoms with van der Waals surface area (Å²) >= 11 is 8.74. The zero-order valence-corrected chi connectivity index (χ0v) is 9.75. The van der Waals surface area contributed by atoms with Crippen molar-refractivity contribution in [2.45, 2.75) is 11.8 Å². The molecular weight excluding hydrogens is 271 g/mol. The lowest BCUT2D eigenvalue weighted by Crippen LogP contribution is -2.12. The molecule has 0 spiro atoms. The SMILES string of the molecule is CCOC(=O)C(Br)c1ccnc(Cl)n1. The molecule has 4 nitrogen and oxygen atoms in total. The highest BCUT2D eigenvalue weighted by Gasteiger charge is 2.19. The van der Waals surface area contributed by atoms with Crippen LogP contribution >= 0.6 is 27.5 Å². The second-order valence-electron chi connectivity index (χ2n) is 2.37. The zero-order chi connectivity index (χ0) is 10.6. The van der Waals surface area contributed by atoms with Gasteiger partial charge in [-0.3, -0.25) is 4.79 Å². The molecule has 1 rings (SSSR count). The van der Waals surface area contributed by atoms with E-state index in [4.69, 9.17) is 16.3 Å². The summed E-state index contributed by atoms with van der Waals surface area (Å²) in [7, 11) is 0. The van der Waals surface area contributed by atoms with Crippen LogP contribution in [-0.2, 0) is 9.53 Å². The molecule has 6 heteroatoms. The molecule has 1 unspecified atom stereocenters. The summed E-state index contributed by atoms with van der Waals surface area (Å²) in [5, 5.41) is 0.108. The third kappa shape index (κ3) is 2.92. The number of hydrogen-bond acceptors (Lipinski definition) is 4. The highest BCUT2D eigenvalue weighted by atomic mass is 79.9. The predicted molar refractivity (Wildman–Crippen MR) is 55.3 cm³/mol. The maximum absolute atomic E-state index is 11.3. The third-order valence-corrected chi connectivity index (χ3v) is 2.43. The molecule has 14 heavy (non-hydrogen) atoms. The van der Waals surface area contributed by atoms with Gasteiger partial charge in [0.15, 0.2) is 4.83 Å². The summed E-state index contributed by atoms with van der Waals surface area (Å²) in [5.74, 6) is -0.387. The first-order valence-corrected chi connectivity index (χ1v) is 5.23. The number of rotatable bonds is 3. The van der Waals surface area contributed by atoms with Crippen molar-refractivity contribution >= 4 is 33.5 Å². The van der Waals surface area contributed by atoms with Gasteiger partial charge in [-0.1, -0.05) is 15.9 Å². The summed E-state index contributed by atoms with van der Waals surface area (Å²) < 4.78 is 4.81. The highest BCUT2D eigenvalue weighted by Crippen LogP contribution is 2.22. The molecule has 0 amide bonds. The van der Waals surface area contributed by atoms with E-state index in [-0.39, 0.29) is 11.3 Å². The molecule has 0 fully saturated rings. The summed E-state index contributed by atoms with van der Waals surface area (Å²) in [6.45, 7) is 2.07. The summed E-state index contributed by atoms with van der Waals surface area (Å²) in [6.07, 6.45) is 1.48. The smallest absolute Gasteiger partial charge is 0.325 e. The second kappa shape index (κ2) is 5.26. The lowest BCUT2D eigenvalue weighted by atomic mass is 10.3. The number of carbonyl (C=O) groups excluding carboxylic acids is 1. The fourth-order valence-electron chi connectivity index (χ4n) is 0.825. The van der Waals surface area contributed by atoms with Crippen molar-refractivity contribution in [2.24, 2.45) is 0 Å². The average Bonchev–Trinajstić information content (AvgIpc) is 2.17. The van der Waals surface area contributed by atoms with E-state index >= 15 is 0 Å². The number of alkyl halides is 1. The molecule has 0 aliphatic rings. The Labute approximate surface area is 94.8 Å². The Morgan fingerprint density at radius 1 is 1.79 bits per heavy atom. The van der Waals surface area contributed by atoms with Crippen LogP contribution in [0.3, 0.4) is 0 Å². The number of aromatic nitrogens is 2. The first-order valence-electron chi connectivity index (χ1n) is 3.94. The molecule has 76 valence electrons. The lowest BCUT2D eigenvalue weighted by Gasteiger charge is -2.07. The van der Waals surface area contributed by atoms with Crippen molar-refractivity contribution in [3.63, 3.8) is 0 Å². The standard InChI is InChI=1S/C8H8BrClN2O2/c1-2-14-7(13)6(9)5-3-4-11-8(10)12-5/h3-4,6H,2H2,1H3. The molecule has 1 aromatic rings. The number of ether oxygens (including phenoxy) is 1. The van der Waals surface area contributed by atoms with Crippen molar-refractivity contribution in [1.82, 2.24) is 9.97 Å². The maximum atomic E-state index is 11.3. The Balaban J connectivity index is 2.78. The van der Waals surface area contributed by atoms with Crippen molar-refractivity contribution in [1.29, 1.82) is 0 Å². The van der Waals surface area contributed by atoms with Crippen LogP contribution in [0, 0.1) is 0 Å². The fraction of sp³-hybridized carbons (Fsp3) is 0.375. The van der Waals surface area contributed by atoms with Crippen molar-refractivity contribution in [3.8, 4) is 0 Å². The monoisotopic (exact) mass is 278 g/mol. The Kier molecular flexibility index (Phi) is 4.28. The summed E-state index contributed by atoms with van der Waals surface area (Å²) in [4.78, 5) is 18.3. The van der Waals surface area contributed by atoms with Gasteiger partial charge in [0.1, 0.15) is 0 Å². The Morgan fingerprint density at radius 3 is 3.07 bits per heavy atom. The second-order valence-corrected chi connectivity index (χ2v) is 3.62. The van der Waals surface area contributed by atoms with Crippen LogP contribution in [0.1, 0.15) is 17.4 Å². The molecular formula is C8H8BrClN2O2. The van der Waals surface area contributed by atoms with E-state index in [0.717, 1.165) is 0 Å². The predicted octanol–water partition coefficient (Wildman–Crippen LogP) is 2.13. The number of carbonyl (C=O) groups is 1. The molecule has 1 heterocycles. The molecule has 0 radical (unpaired) electrons. The lowest BCUT2D eigenvalue weighted by molar-refractivity contribution is -0.142. The molecule has 1 aromatic heterocycles. The van der Waals surface area contributed by atoms with Gasteiger partial charge in [0.25, 0.3) is 0 Å². The summed E-state index contributed by atoms with van der Waals surface area (Å²) in [5.41, 5.74) is 0.489. The van der Waals surface area contributed by atoms with Gasteiger partial charge in [0.2, 0.25) is 5.28 Å². The molecule has 0 saturated heterocycles. The van der Waals surface area contributed by atoms with Gasteiger partial charge in [-0.15, -0.1) is 0 Å². The molecule has 0 saturated carbocycles. The minimum Gasteiger partial charge on any atom is -0.465 e. The van der Waals surface area contributed by atoms with Crippen LogP contribution in [0.4, 0.5) is 0 Å². The van der Waals surface area contributed by atoms with E-state index in [0.29, 0.717) is 12.3 Å². The van der Waals surface area contributed by atoms with Gasteiger partial charge in [-0.2, -0.15) is 0 Å². The maximum Gasteiger partial charge on any atom is 0.325 e. The third-order valence-electron chi connectivity index (χ3n) is 1.40. The van der Waals surface area contributed by atoms with Gasteiger partial charge < -0.3 is 4.74 Å². The van der Waals surface area contributed by atoms with Crippen LogP contribution in [0.15, 0.2) is 12.3 Å². The topological polar surface area (TPSA) is 52.1 Å². The Hall–Kier alpha value is -0.680. The molecule has 1 atom stereocenters. The minimum absolute atomic E-state index is 0.108. The van der Waals surface area contributed by atoms with Gasteiger partial charge in [0, 0.05) is 6.20 Å². The van der Waals surface area contributed by atoms with Crippen LogP contribution in [0.5, 0.6) is 0 Å². The van der Waals surface area contributed by atoms with Crippen LogP contribution in [0.25, 0.3) is 0 Å². The molecule has 0 aromatic carbocycles.